The lowest BCUT2D eigenvalue weighted by molar-refractivity contribution is -0.192. The number of aliphatic carboxylic acids is 1. The lowest BCUT2D eigenvalue weighted by atomic mass is 10.1. The number of pyridine rings is 2. The third-order valence-electron chi connectivity index (χ3n) is 4.30. The number of benzene rings is 1. The summed E-state index contributed by atoms with van der Waals surface area (Å²) < 4.78 is 37.0. The van der Waals surface area contributed by atoms with E-state index >= 15 is 0 Å². The zero-order chi connectivity index (χ0) is 25.8. The minimum atomic E-state index is -5.08. The van der Waals surface area contributed by atoms with Crippen LogP contribution in [-0.4, -0.2) is 46.1 Å². The molecule has 0 aliphatic heterocycles. The summed E-state index contributed by atoms with van der Waals surface area (Å²) in [5.74, 6) is -2.98. The first kappa shape index (κ1) is 26.8. The number of alkyl halides is 3. The fraction of sp³-hybridized carbons (Fsp3) is 0.174. The van der Waals surface area contributed by atoms with Crippen LogP contribution >= 0.6 is 0 Å². The van der Waals surface area contributed by atoms with Gasteiger partial charge in [-0.1, -0.05) is 12.1 Å². The Balaban J connectivity index is 0.000000540. The van der Waals surface area contributed by atoms with Gasteiger partial charge < -0.3 is 20.5 Å². The second-order valence-electron chi connectivity index (χ2n) is 6.81. The van der Waals surface area contributed by atoms with Crippen molar-refractivity contribution < 1.29 is 37.4 Å². The van der Waals surface area contributed by atoms with E-state index in [-0.39, 0.29) is 11.8 Å². The molecule has 3 rings (SSSR count). The second kappa shape index (κ2) is 12.7. The topological polar surface area (TPSA) is 131 Å². The molecule has 0 unspecified atom stereocenters. The summed E-state index contributed by atoms with van der Waals surface area (Å²) in [7, 11) is 1.48. The number of carbonyl (C=O) groups excluding carboxylic acids is 2. The van der Waals surface area contributed by atoms with Gasteiger partial charge >= 0.3 is 12.1 Å². The minimum Gasteiger partial charge on any atom is -0.496 e. The number of hydrogen-bond donors (Lipinski definition) is 3. The Hall–Kier alpha value is -4.48. The van der Waals surface area contributed by atoms with Crippen LogP contribution in [0.4, 0.5) is 13.2 Å². The molecule has 2 aromatic heterocycles. The number of carbonyl (C=O) groups is 3. The van der Waals surface area contributed by atoms with Crippen molar-refractivity contribution in [2.75, 3.05) is 7.11 Å². The number of carboxylic acid groups (broad SMARTS) is 1. The average Bonchev–Trinajstić information content (AvgIpc) is 2.86. The lowest BCUT2D eigenvalue weighted by Crippen LogP contribution is -2.26. The van der Waals surface area contributed by atoms with Crippen LogP contribution < -0.4 is 15.4 Å². The zero-order valence-electron chi connectivity index (χ0n) is 18.4. The highest BCUT2D eigenvalue weighted by Crippen LogP contribution is 2.20. The molecule has 3 N–H and O–H groups in total. The number of aromatic nitrogens is 2. The molecular weight excluding hydrogens is 469 g/mol. The smallest absolute Gasteiger partial charge is 0.490 e. The number of ether oxygens (including phenoxy) is 1. The molecule has 0 spiro atoms. The van der Waals surface area contributed by atoms with E-state index in [1.54, 1.807) is 49.1 Å². The molecule has 0 radical (unpaired) electrons. The lowest BCUT2D eigenvalue weighted by Gasteiger charge is -2.12. The molecule has 184 valence electrons. The summed E-state index contributed by atoms with van der Waals surface area (Å²) in [4.78, 5) is 42.0. The molecule has 0 fully saturated rings. The Morgan fingerprint density at radius 2 is 1.43 bits per heavy atom. The van der Waals surface area contributed by atoms with Gasteiger partial charge in [-0.15, -0.1) is 0 Å². The fourth-order valence-corrected chi connectivity index (χ4v) is 2.59. The number of nitrogens with zero attached hydrogens (tertiary/aromatic N) is 2. The Kier molecular flexibility index (Phi) is 9.70. The predicted octanol–water partition coefficient (Wildman–Crippen LogP) is 2.98. The van der Waals surface area contributed by atoms with E-state index in [0.29, 0.717) is 30.0 Å². The maximum absolute atomic E-state index is 12.6. The van der Waals surface area contributed by atoms with Crippen molar-refractivity contribution in [1.29, 1.82) is 0 Å². The first-order valence-corrected chi connectivity index (χ1v) is 9.94. The van der Waals surface area contributed by atoms with Gasteiger partial charge in [-0.3, -0.25) is 19.6 Å². The quantitative estimate of drug-likeness (QED) is 0.464. The van der Waals surface area contributed by atoms with Crippen molar-refractivity contribution in [3.05, 3.63) is 89.5 Å². The van der Waals surface area contributed by atoms with Crippen molar-refractivity contribution in [3.63, 3.8) is 0 Å². The van der Waals surface area contributed by atoms with Crippen molar-refractivity contribution >= 4 is 17.8 Å². The summed E-state index contributed by atoms with van der Waals surface area (Å²) in [6, 6.07) is 12.1. The van der Waals surface area contributed by atoms with Crippen LogP contribution in [0.1, 0.15) is 31.8 Å². The van der Waals surface area contributed by atoms with E-state index in [1.807, 2.05) is 12.1 Å². The Bertz CT molecular complexity index is 1140. The summed E-state index contributed by atoms with van der Waals surface area (Å²) in [5.41, 5.74) is 2.43. The SMILES string of the molecule is COc1ccc(C(=O)NCc2cccnc2)cc1C(=O)NCc1cccnc1.O=C(O)C(F)(F)F. The van der Waals surface area contributed by atoms with Gasteiger partial charge in [0.2, 0.25) is 0 Å². The number of rotatable bonds is 7. The van der Waals surface area contributed by atoms with Gasteiger partial charge in [0.15, 0.2) is 0 Å². The maximum atomic E-state index is 12.6. The first-order chi connectivity index (χ1) is 16.6. The number of hydrogen-bond acceptors (Lipinski definition) is 6. The predicted molar refractivity (Wildman–Crippen MR) is 117 cm³/mol. The van der Waals surface area contributed by atoms with Gasteiger partial charge in [0, 0.05) is 43.4 Å². The highest BCUT2D eigenvalue weighted by molar-refractivity contribution is 6.01. The molecule has 0 bridgehead atoms. The van der Waals surface area contributed by atoms with Gasteiger partial charge in [-0.2, -0.15) is 13.2 Å². The molecule has 2 heterocycles. The summed E-state index contributed by atoms with van der Waals surface area (Å²) in [6.45, 7) is 0.675. The Morgan fingerprint density at radius 3 is 1.86 bits per heavy atom. The van der Waals surface area contributed by atoms with Crippen molar-refractivity contribution in [3.8, 4) is 5.75 Å². The normalized spacial score (nSPS) is 10.4. The molecule has 2 amide bonds. The minimum absolute atomic E-state index is 0.284. The molecule has 0 saturated carbocycles. The molecule has 1 aromatic carbocycles. The molecule has 0 atom stereocenters. The Morgan fingerprint density at radius 1 is 0.914 bits per heavy atom. The van der Waals surface area contributed by atoms with E-state index in [9.17, 15) is 22.8 Å². The number of halogens is 3. The van der Waals surface area contributed by atoms with Gasteiger partial charge in [-0.25, -0.2) is 4.79 Å². The number of nitrogens with one attached hydrogen (secondary N) is 2. The monoisotopic (exact) mass is 490 g/mol. The van der Waals surface area contributed by atoms with Crippen molar-refractivity contribution in [1.82, 2.24) is 20.6 Å². The van der Waals surface area contributed by atoms with Crippen LogP contribution in [0.25, 0.3) is 0 Å². The van der Waals surface area contributed by atoms with Gasteiger partial charge in [0.05, 0.1) is 12.7 Å². The molecule has 3 aromatic rings. The van der Waals surface area contributed by atoms with Gasteiger partial charge in [-0.05, 0) is 41.5 Å². The molecular formula is C23H21F3N4O5. The summed E-state index contributed by atoms with van der Waals surface area (Å²) >= 11 is 0. The van der Waals surface area contributed by atoms with Crippen LogP contribution in [0.3, 0.4) is 0 Å². The van der Waals surface area contributed by atoms with Crippen molar-refractivity contribution in [2.24, 2.45) is 0 Å². The third-order valence-corrected chi connectivity index (χ3v) is 4.30. The Labute approximate surface area is 198 Å². The number of carboxylic acids is 1. The molecule has 35 heavy (non-hydrogen) atoms. The van der Waals surface area contributed by atoms with Crippen molar-refractivity contribution in [2.45, 2.75) is 19.3 Å². The second-order valence-corrected chi connectivity index (χ2v) is 6.81. The third kappa shape index (κ3) is 8.76. The number of amides is 2. The largest absolute Gasteiger partial charge is 0.496 e. The zero-order valence-corrected chi connectivity index (χ0v) is 18.4. The molecule has 9 nitrogen and oxygen atoms in total. The van der Waals surface area contributed by atoms with Crippen LogP contribution in [0.15, 0.2) is 67.3 Å². The highest BCUT2D eigenvalue weighted by atomic mass is 19.4. The van der Waals surface area contributed by atoms with Gasteiger partial charge in [0.25, 0.3) is 11.8 Å². The molecule has 0 aliphatic rings. The summed E-state index contributed by atoms with van der Waals surface area (Å²) in [5, 5.41) is 12.8. The van der Waals surface area contributed by atoms with E-state index < -0.39 is 12.1 Å². The fourth-order valence-electron chi connectivity index (χ4n) is 2.59. The average molecular weight is 490 g/mol. The van der Waals surface area contributed by atoms with Crippen LogP contribution in [0.2, 0.25) is 0 Å². The van der Waals surface area contributed by atoms with Crippen LogP contribution in [0.5, 0.6) is 5.75 Å². The first-order valence-electron chi connectivity index (χ1n) is 9.94. The van der Waals surface area contributed by atoms with Crippen LogP contribution in [0, 0.1) is 0 Å². The maximum Gasteiger partial charge on any atom is 0.490 e. The molecule has 12 heteroatoms. The standard InChI is InChI=1S/C21H20N4O3.C2HF3O2/c1-28-19-7-6-17(20(26)24-13-15-4-2-8-22-11-15)10-18(19)21(27)25-14-16-5-3-9-23-12-16;3-2(4,5)1(6)7/h2-12H,13-14H2,1H3,(H,24,26)(H,25,27);(H,6,7). The van der Waals surface area contributed by atoms with E-state index in [1.165, 1.54) is 13.2 Å². The van der Waals surface area contributed by atoms with E-state index in [2.05, 4.69) is 20.6 Å². The van der Waals surface area contributed by atoms with Gasteiger partial charge in [0.1, 0.15) is 5.75 Å². The van der Waals surface area contributed by atoms with E-state index in [4.69, 9.17) is 14.6 Å². The number of methoxy groups -OCH3 is 1. The highest BCUT2D eigenvalue weighted by Gasteiger charge is 2.38. The van der Waals surface area contributed by atoms with Crippen LogP contribution in [-0.2, 0) is 17.9 Å². The molecule has 0 aliphatic carbocycles. The van der Waals surface area contributed by atoms with E-state index in [0.717, 1.165) is 11.1 Å². The summed E-state index contributed by atoms with van der Waals surface area (Å²) in [6.07, 6.45) is 1.62. The molecule has 0 saturated heterocycles.